The second kappa shape index (κ2) is 8.46. The zero-order valence-electron chi connectivity index (χ0n) is 15.7. The first-order valence-electron chi connectivity index (χ1n) is 8.93. The van der Waals surface area contributed by atoms with Gasteiger partial charge < -0.3 is 0 Å². The number of hydrogen-bond donors (Lipinski definition) is 0. The van der Waals surface area contributed by atoms with Gasteiger partial charge in [0.05, 0.1) is 11.4 Å². The van der Waals surface area contributed by atoms with Crippen molar-refractivity contribution in [3.63, 3.8) is 0 Å². The molecule has 6 heteroatoms. The predicted octanol–water partition coefficient (Wildman–Crippen LogP) is 5.66. The Labute approximate surface area is 164 Å². The molecule has 1 aliphatic heterocycles. The van der Waals surface area contributed by atoms with E-state index in [1.807, 2.05) is 41.3 Å². The fourth-order valence-electron chi connectivity index (χ4n) is 3.21. The van der Waals surface area contributed by atoms with Crippen LogP contribution in [0.2, 0.25) is 0 Å². The molecule has 0 saturated carbocycles. The van der Waals surface area contributed by atoms with Crippen LogP contribution < -0.4 is 4.90 Å². The highest BCUT2D eigenvalue weighted by atomic mass is 32.2. The van der Waals surface area contributed by atoms with Crippen LogP contribution in [-0.4, -0.2) is 39.5 Å². The van der Waals surface area contributed by atoms with E-state index in [1.165, 1.54) is 11.8 Å². The Morgan fingerprint density at radius 1 is 1.12 bits per heavy atom. The van der Waals surface area contributed by atoms with Crippen LogP contribution in [0, 0.1) is 0 Å². The molecule has 0 unspecified atom stereocenters. The van der Waals surface area contributed by atoms with Gasteiger partial charge in [0.15, 0.2) is 0 Å². The number of nitrogens with zero attached hydrogens (tertiary/aromatic N) is 3. The molecule has 1 aromatic carbocycles. The molecule has 1 aromatic heterocycles. The first kappa shape index (κ1) is 19.3. The lowest BCUT2D eigenvalue weighted by atomic mass is 10.2. The van der Waals surface area contributed by atoms with Crippen LogP contribution >= 0.6 is 23.5 Å². The Bertz CT molecular complexity index is 726. The van der Waals surface area contributed by atoms with Crippen LogP contribution in [0.1, 0.15) is 27.7 Å². The first-order valence-corrected chi connectivity index (χ1v) is 10.7. The van der Waals surface area contributed by atoms with Crippen LogP contribution in [0.15, 0.2) is 52.5 Å². The van der Waals surface area contributed by atoms with Crippen molar-refractivity contribution >= 4 is 40.1 Å². The number of pyridine rings is 1. The van der Waals surface area contributed by atoms with Crippen LogP contribution in [0.4, 0.5) is 16.2 Å². The van der Waals surface area contributed by atoms with E-state index in [1.54, 1.807) is 18.0 Å². The zero-order valence-corrected chi connectivity index (χ0v) is 17.3. The summed E-state index contributed by atoms with van der Waals surface area (Å²) < 4.78 is 0. The Morgan fingerprint density at radius 2 is 1.81 bits per heavy atom. The third-order valence-electron chi connectivity index (χ3n) is 4.39. The molecule has 0 aliphatic carbocycles. The van der Waals surface area contributed by atoms with Gasteiger partial charge in [-0.15, -0.1) is 0 Å². The minimum atomic E-state index is 0.0551. The summed E-state index contributed by atoms with van der Waals surface area (Å²) in [5.74, 6) is 0.774. The lowest BCUT2D eigenvalue weighted by Crippen LogP contribution is -2.39. The standard InChI is InChI=1S/C20H25N3OS2/c1-14(2)22(15(3)4)12-13-25-20(24)23-16-8-5-6-10-18(16)26-19-17(23)9-7-11-21-19/h5-11,14-15H,12-13H2,1-4H3. The van der Waals surface area contributed by atoms with Gasteiger partial charge in [0, 0.05) is 35.5 Å². The smallest absolute Gasteiger partial charge is 0.290 e. The average molecular weight is 388 g/mol. The van der Waals surface area contributed by atoms with Gasteiger partial charge in [-0.3, -0.25) is 14.6 Å². The number of para-hydroxylation sites is 1. The van der Waals surface area contributed by atoms with Gasteiger partial charge in [-0.1, -0.05) is 35.7 Å². The van der Waals surface area contributed by atoms with Crippen molar-refractivity contribution in [2.45, 2.75) is 49.7 Å². The molecule has 0 spiro atoms. The lowest BCUT2D eigenvalue weighted by Gasteiger charge is -2.31. The van der Waals surface area contributed by atoms with E-state index >= 15 is 0 Å². The molecule has 0 atom stereocenters. The van der Waals surface area contributed by atoms with Gasteiger partial charge >= 0.3 is 0 Å². The summed E-state index contributed by atoms with van der Waals surface area (Å²) in [5, 5.41) is 0.936. The molecule has 26 heavy (non-hydrogen) atoms. The molecule has 0 bridgehead atoms. The lowest BCUT2D eigenvalue weighted by molar-refractivity contribution is 0.187. The van der Waals surface area contributed by atoms with E-state index in [-0.39, 0.29) is 5.24 Å². The van der Waals surface area contributed by atoms with E-state index in [2.05, 4.69) is 37.6 Å². The predicted molar refractivity (Wildman–Crippen MR) is 112 cm³/mol. The molecule has 4 nitrogen and oxygen atoms in total. The van der Waals surface area contributed by atoms with Crippen molar-refractivity contribution in [2.75, 3.05) is 17.2 Å². The van der Waals surface area contributed by atoms with Crippen molar-refractivity contribution in [2.24, 2.45) is 0 Å². The molecule has 0 saturated heterocycles. The van der Waals surface area contributed by atoms with E-state index in [0.717, 1.165) is 33.6 Å². The summed E-state index contributed by atoms with van der Waals surface area (Å²) >= 11 is 3.00. The molecule has 1 amide bonds. The maximum Gasteiger partial charge on any atom is 0.290 e. The molecule has 0 fully saturated rings. The molecule has 2 aromatic rings. The van der Waals surface area contributed by atoms with Crippen molar-refractivity contribution in [3.8, 4) is 0 Å². The number of benzene rings is 1. The number of carbonyl (C=O) groups is 1. The largest absolute Gasteiger partial charge is 0.298 e. The van der Waals surface area contributed by atoms with Crippen LogP contribution in [-0.2, 0) is 0 Å². The summed E-state index contributed by atoms with van der Waals surface area (Å²) in [7, 11) is 0. The van der Waals surface area contributed by atoms with Crippen LogP contribution in [0.5, 0.6) is 0 Å². The van der Waals surface area contributed by atoms with Crippen molar-refractivity contribution in [3.05, 3.63) is 42.6 Å². The zero-order chi connectivity index (χ0) is 18.7. The van der Waals surface area contributed by atoms with Gasteiger partial charge in [-0.05, 0) is 52.0 Å². The molecule has 0 radical (unpaired) electrons. The number of rotatable bonds is 5. The molecule has 2 heterocycles. The Hall–Kier alpha value is -1.50. The molecular weight excluding hydrogens is 362 g/mol. The number of carbonyl (C=O) groups excluding carboxylic acids is 1. The number of fused-ring (bicyclic) bond motifs is 2. The van der Waals surface area contributed by atoms with Gasteiger partial charge in [-0.2, -0.15) is 0 Å². The highest BCUT2D eigenvalue weighted by Gasteiger charge is 2.29. The van der Waals surface area contributed by atoms with E-state index in [9.17, 15) is 4.79 Å². The minimum Gasteiger partial charge on any atom is -0.298 e. The Balaban J connectivity index is 1.77. The summed E-state index contributed by atoms with van der Waals surface area (Å²) in [6.45, 7) is 9.70. The quantitative estimate of drug-likeness (QED) is 0.662. The van der Waals surface area contributed by atoms with Gasteiger partial charge in [0.1, 0.15) is 5.03 Å². The van der Waals surface area contributed by atoms with E-state index in [0.29, 0.717) is 12.1 Å². The number of anilines is 2. The SMILES string of the molecule is CC(C)N(CCSC(=O)N1c2ccccc2Sc2ncccc21)C(C)C. The van der Waals surface area contributed by atoms with Crippen molar-refractivity contribution in [1.29, 1.82) is 0 Å². The summed E-state index contributed by atoms with van der Waals surface area (Å²) in [4.78, 5) is 22.8. The summed E-state index contributed by atoms with van der Waals surface area (Å²) in [6, 6.07) is 12.8. The monoisotopic (exact) mass is 387 g/mol. The summed E-state index contributed by atoms with van der Waals surface area (Å²) in [5.41, 5.74) is 1.82. The van der Waals surface area contributed by atoms with Crippen molar-refractivity contribution < 1.29 is 4.79 Å². The van der Waals surface area contributed by atoms with Gasteiger partial charge in [0.2, 0.25) is 0 Å². The number of thioether (sulfide) groups is 1. The average Bonchev–Trinajstić information content (AvgIpc) is 2.62. The molecule has 1 aliphatic rings. The first-order chi connectivity index (χ1) is 12.5. The molecular formula is C20H25N3OS2. The van der Waals surface area contributed by atoms with E-state index < -0.39 is 0 Å². The number of hydrogen-bond acceptors (Lipinski definition) is 5. The molecule has 3 rings (SSSR count). The second-order valence-corrected chi connectivity index (χ2v) is 8.85. The maximum atomic E-state index is 13.1. The minimum absolute atomic E-state index is 0.0551. The van der Waals surface area contributed by atoms with E-state index in [4.69, 9.17) is 0 Å². The van der Waals surface area contributed by atoms with Crippen molar-refractivity contribution in [1.82, 2.24) is 9.88 Å². The van der Waals surface area contributed by atoms with Crippen LogP contribution in [0.3, 0.4) is 0 Å². The molecule has 0 N–H and O–H groups in total. The molecule has 138 valence electrons. The fourth-order valence-corrected chi connectivity index (χ4v) is 5.00. The maximum absolute atomic E-state index is 13.1. The highest BCUT2D eigenvalue weighted by Crippen LogP contribution is 2.47. The fraction of sp³-hybridized carbons (Fsp3) is 0.400. The Kier molecular flexibility index (Phi) is 6.27. The topological polar surface area (TPSA) is 36.4 Å². The third-order valence-corrected chi connectivity index (χ3v) is 6.28. The summed E-state index contributed by atoms with van der Waals surface area (Å²) in [6.07, 6.45) is 1.78. The third kappa shape index (κ3) is 4.08. The highest BCUT2D eigenvalue weighted by molar-refractivity contribution is 8.14. The normalized spacial score (nSPS) is 13.3. The van der Waals surface area contributed by atoms with Gasteiger partial charge in [0.25, 0.3) is 5.24 Å². The Morgan fingerprint density at radius 3 is 2.54 bits per heavy atom. The van der Waals surface area contributed by atoms with Crippen LogP contribution in [0.25, 0.3) is 0 Å². The number of aromatic nitrogens is 1. The van der Waals surface area contributed by atoms with Gasteiger partial charge in [-0.25, -0.2) is 4.98 Å². The number of amides is 1. The second-order valence-electron chi connectivity index (χ2n) is 6.77.